The molecule has 1 aliphatic rings. The molecular formula is C20H28N4OS. The summed E-state index contributed by atoms with van der Waals surface area (Å²) >= 11 is 1.72. The highest BCUT2D eigenvalue weighted by molar-refractivity contribution is 7.11. The lowest BCUT2D eigenvalue weighted by atomic mass is 9.95. The molecule has 26 heavy (non-hydrogen) atoms. The molecule has 1 aromatic carbocycles. The van der Waals surface area contributed by atoms with Gasteiger partial charge in [0, 0.05) is 28.9 Å². The van der Waals surface area contributed by atoms with Gasteiger partial charge in [-0.05, 0) is 39.7 Å². The van der Waals surface area contributed by atoms with E-state index in [2.05, 4.69) is 41.6 Å². The molecule has 140 valence electrons. The Morgan fingerprint density at radius 2 is 2.04 bits per heavy atom. The first kappa shape index (κ1) is 18.7. The van der Waals surface area contributed by atoms with Gasteiger partial charge in [-0.3, -0.25) is 0 Å². The quantitative estimate of drug-likeness (QED) is 0.576. The number of rotatable bonds is 7. The topological polar surface area (TPSA) is 58.5 Å². The van der Waals surface area contributed by atoms with Crippen LogP contribution in [0.3, 0.4) is 0 Å². The minimum Gasteiger partial charge on any atom is -0.496 e. The third-order valence-electron chi connectivity index (χ3n) is 4.92. The molecule has 1 aromatic heterocycles. The van der Waals surface area contributed by atoms with Crippen molar-refractivity contribution in [2.45, 2.75) is 45.6 Å². The van der Waals surface area contributed by atoms with E-state index in [1.54, 1.807) is 18.4 Å². The summed E-state index contributed by atoms with van der Waals surface area (Å²) in [5.41, 5.74) is 2.54. The van der Waals surface area contributed by atoms with Crippen LogP contribution in [0.5, 0.6) is 5.75 Å². The molecule has 1 saturated carbocycles. The number of aromatic nitrogens is 1. The van der Waals surface area contributed by atoms with Gasteiger partial charge < -0.3 is 15.4 Å². The van der Waals surface area contributed by atoms with E-state index in [4.69, 9.17) is 9.73 Å². The zero-order valence-electron chi connectivity index (χ0n) is 16.1. The maximum Gasteiger partial charge on any atom is 0.191 e. The van der Waals surface area contributed by atoms with Gasteiger partial charge in [-0.15, -0.1) is 11.3 Å². The number of aliphatic imine (C=N–C) groups is 1. The van der Waals surface area contributed by atoms with E-state index in [0.717, 1.165) is 35.5 Å². The number of para-hydroxylation sites is 1. The number of ether oxygens (including phenoxy) is 1. The van der Waals surface area contributed by atoms with Crippen molar-refractivity contribution in [2.24, 2.45) is 4.99 Å². The number of methoxy groups -OCH3 is 1. The number of guanidine groups is 1. The second-order valence-electron chi connectivity index (χ2n) is 6.78. The molecule has 5 nitrogen and oxygen atoms in total. The van der Waals surface area contributed by atoms with Crippen molar-refractivity contribution in [3.8, 4) is 5.75 Å². The van der Waals surface area contributed by atoms with Gasteiger partial charge in [-0.2, -0.15) is 0 Å². The van der Waals surface area contributed by atoms with Crippen molar-refractivity contribution in [2.75, 3.05) is 20.2 Å². The normalized spacial score (nSPS) is 15.6. The summed E-state index contributed by atoms with van der Waals surface area (Å²) in [5, 5.41) is 7.92. The van der Waals surface area contributed by atoms with Crippen molar-refractivity contribution >= 4 is 17.3 Å². The van der Waals surface area contributed by atoms with Crippen LogP contribution in [0, 0.1) is 13.8 Å². The maximum absolute atomic E-state index is 5.56. The molecule has 0 saturated heterocycles. The molecule has 1 aliphatic carbocycles. The van der Waals surface area contributed by atoms with E-state index in [0.29, 0.717) is 6.54 Å². The van der Waals surface area contributed by atoms with Gasteiger partial charge in [-0.25, -0.2) is 9.98 Å². The summed E-state index contributed by atoms with van der Waals surface area (Å²) in [5.74, 6) is 1.82. The lowest BCUT2D eigenvalue weighted by molar-refractivity contribution is 0.403. The van der Waals surface area contributed by atoms with Gasteiger partial charge in [0.25, 0.3) is 0 Å². The summed E-state index contributed by atoms with van der Waals surface area (Å²) < 4.78 is 5.56. The third-order valence-corrected chi connectivity index (χ3v) is 5.97. The van der Waals surface area contributed by atoms with Crippen LogP contribution in [-0.2, 0) is 12.0 Å². The molecule has 0 atom stereocenters. The van der Waals surface area contributed by atoms with Crippen LogP contribution in [-0.4, -0.2) is 31.1 Å². The van der Waals surface area contributed by atoms with E-state index in [-0.39, 0.29) is 5.41 Å². The number of hydrogen-bond donors (Lipinski definition) is 2. The van der Waals surface area contributed by atoms with Crippen LogP contribution < -0.4 is 15.4 Å². The summed E-state index contributed by atoms with van der Waals surface area (Å²) in [7, 11) is 1.74. The molecule has 2 N–H and O–H groups in total. The Bertz CT molecular complexity index is 760. The predicted molar refractivity (Wildman–Crippen MR) is 108 cm³/mol. The molecular weight excluding hydrogens is 344 g/mol. The van der Waals surface area contributed by atoms with Crippen molar-refractivity contribution in [3.05, 3.63) is 45.4 Å². The third kappa shape index (κ3) is 4.18. The van der Waals surface area contributed by atoms with Gasteiger partial charge in [0.2, 0.25) is 0 Å². The Morgan fingerprint density at radius 3 is 2.65 bits per heavy atom. The molecule has 1 heterocycles. The number of thiazole rings is 1. The minimum atomic E-state index is 0.150. The Hall–Kier alpha value is -2.08. The minimum absolute atomic E-state index is 0.150. The molecule has 2 aromatic rings. The van der Waals surface area contributed by atoms with Crippen molar-refractivity contribution in [3.63, 3.8) is 0 Å². The molecule has 6 heteroatoms. The second kappa shape index (κ2) is 8.08. The van der Waals surface area contributed by atoms with Gasteiger partial charge >= 0.3 is 0 Å². The van der Waals surface area contributed by atoms with E-state index >= 15 is 0 Å². The lowest BCUT2D eigenvalue weighted by Gasteiger charge is -2.21. The predicted octanol–water partition coefficient (Wildman–Crippen LogP) is 3.56. The smallest absolute Gasteiger partial charge is 0.191 e. The first-order valence-corrected chi connectivity index (χ1v) is 9.98. The lowest BCUT2D eigenvalue weighted by Crippen LogP contribution is -2.41. The number of nitrogens with one attached hydrogen (secondary N) is 2. The van der Waals surface area contributed by atoms with Gasteiger partial charge in [-0.1, -0.05) is 18.2 Å². The van der Waals surface area contributed by atoms with Gasteiger partial charge in [0.1, 0.15) is 10.8 Å². The van der Waals surface area contributed by atoms with Crippen LogP contribution in [0.4, 0.5) is 0 Å². The Kier molecular flexibility index (Phi) is 5.81. The number of hydrogen-bond acceptors (Lipinski definition) is 4. The van der Waals surface area contributed by atoms with Crippen molar-refractivity contribution < 1.29 is 4.74 Å². The van der Waals surface area contributed by atoms with Crippen LogP contribution in [0.1, 0.15) is 40.9 Å². The average Bonchev–Trinajstić information content (AvgIpc) is 3.37. The first-order chi connectivity index (χ1) is 12.6. The highest BCUT2D eigenvalue weighted by Crippen LogP contribution is 2.50. The largest absolute Gasteiger partial charge is 0.496 e. The molecule has 0 bridgehead atoms. The number of benzene rings is 1. The fourth-order valence-electron chi connectivity index (χ4n) is 3.12. The van der Waals surface area contributed by atoms with Crippen LogP contribution in [0.25, 0.3) is 0 Å². The number of aryl methyl sites for hydroxylation is 2. The summed E-state index contributed by atoms with van der Waals surface area (Å²) in [4.78, 5) is 10.6. The molecule has 0 aliphatic heterocycles. The second-order valence-corrected chi connectivity index (χ2v) is 8.07. The number of nitrogens with zero attached hydrogens (tertiary/aromatic N) is 2. The monoisotopic (exact) mass is 372 g/mol. The zero-order chi connectivity index (χ0) is 18.6. The van der Waals surface area contributed by atoms with E-state index in [1.165, 1.54) is 23.3 Å². The maximum atomic E-state index is 5.56. The SMILES string of the molecule is CCNC(=NCc1nc(C)c(C)s1)NCC1(c2ccccc2OC)CC1. The fraction of sp³-hybridized carbons (Fsp3) is 0.500. The highest BCUT2D eigenvalue weighted by atomic mass is 32.1. The molecule has 0 spiro atoms. The molecule has 0 radical (unpaired) electrons. The zero-order valence-corrected chi connectivity index (χ0v) is 16.9. The standard InChI is InChI=1S/C20H28N4OS/c1-5-21-19(22-12-18-24-14(2)15(3)26-18)23-13-20(10-11-20)16-8-6-7-9-17(16)25-4/h6-9H,5,10-13H2,1-4H3,(H2,21,22,23). The molecule has 1 fully saturated rings. The first-order valence-electron chi connectivity index (χ1n) is 9.16. The van der Waals surface area contributed by atoms with Gasteiger partial charge in [0.05, 0.1) is 19.3 Å². The average molecular weight is 373 g/mol. The fourth-order valence-corrected chi connectivity index (χ4v) is 3.98. The van der Waals surface area contributed by atoms with Gasteiger partial charge in [0.15, 0.2) is 5.96 Å². The summed E-state index contributed by atoms with van der Waals surface area (Å²) in [6, 6.07) is 8.33. The van der Waals surface area contributed by atoms with Crippen LogP contribution in [0.2, 0.25) is 0 Å². The summed E-state index contributed by atoms with van der Waals surface area (Å²) in [6.45, 7) is 8.54. The highest BCUT2D eigenvalue weighted by Gasteiger charge is 2.46. The molecule has 3 rings (SSSR count). The van der Waals surface area contributed by atoms with Crippen LogP contribution >= 0.6 is 11.3 Å². The van der Waals surface area contributed by atoms with Crippen molar-refractivity contribution in [1.29, 1.82) is 0 Å². The molecule has 0 unspecified atom stereocenters. The Balaban J connectivity index is 1.67. The van der Waals surface area contributed by atoms with E-state index < -0.39 is 0 Å². The summed E-state index contributed by atoms with van der Waals surface area (Å²) in [6.07, 6.45) is 2.34. The molecule has 0 amide bonds. The van der Waals surface area contributed by atoms with E-state index in [1.807, 2.05) is 19.1 Å². The Morgan fingerprint density at radius 1 is 1.27 bits per heavy atom. The van der Waals surface area contributed by atoms with Crippen molar-refractivity contribution in [1.82, 2.24) is 15.6 Å². The Labute approximate surface area is 159 Å². The van der Waals surface area contributed by atoms with Crippen LogP contribution in [0.15, 0.2) is 29.3 Å². The van der Waals surface area contributed by atoms with E-state index in [9.17, 15) is 0 Å².